The number of piperidine rings is 1. The minimum Gasteiger partial charge on any atom is -0.488 e. The third kappa shape index (κ3) is 5.84. The SMILES string of the molecule is Cc1noc(C)c1COc1ccccc1C(=O)N1CCC(NC(=O)CCc2ccccc2)CC1. The fourth-order valence-corrected chi connectivity index (χ4v) is 4.23. The smallest absolute Gasteiger partial charge is 0.257 e. The molecule has 1 fully saturated rings. The molecule has 0 spiro atoms. The number of hydrogen-bond acceptors (Lipinski definition) is 5. The van der Waals surface area contributed by atoms with Gasteiger partial charge in [-0.25, -0.2) is 0 Å². The number of carbonyl (C=O) groups excluding carboxylic acids is 2. The number of hydrogen-bond donors (Lipinski definition) is 1. The maximum Gasteiger partial charge on any atom is 0.257 e. The average Bonchev–Trinajstić information content (AvgIpc) is 3.19. The molecule has 1 saturated heterocycles. The molecule has 4 rings (SSSR count). The number of amides is 2. The molecular weight excluding hydrogens is 430 g/mol. The summed E-state index contributed by atoms with van der Waals surface area (Å²) >= 11 is 0. The van der Waals surface area contributed by atoms with Gasteiger partial charge < -0.3 is 19.5 Å². The minimum absolute atomic E-state index is 0.0526. The van der Waals surface area contributed by atoms with Crippen LogP contribution in [-0.4, -0.2) is 41.0 Å². The van der Waals surface area contributed by atoms with Crippen molar-refractivity contribution in [2.45, 2.75) is 52.2 Å². The molecule has 1 aromatic heterocycles. The number of nitrogens with zero attached hydrogens (tertiary/aromatic N) is 2. The summed E-state index contributed by atoms with van der Waals surface area (Å²) in [5.41, 5.74) is 3.38. The first-order chi connectivity index (χ1) is 16.5. The van der Waals surface area contributed by atoms with Crippen LogP contribution in [0.5, 0.6) is 5.75 Å². The van der Waals surface area contributed by atoms with Gasteiger partial charge in [0.15, 0.2) is 0 Å². The lowest BCUT2D eigenvalue weighted by molar-refractivity contribution is -0.122. The molecule has 178 valence electrons. The Hall–Kier alpha value is -3.61. The van der Waals surface area contributed by atoms with Crippen LogP contribution >= 0.6 is 0 Å². The molecule has 7 nitrogen and oxygen atoms in total. The van der Waals surface area contributed by atoms with E-state index in [-0.39, 0.29) is 17.9 Å². The summed E-state index contributed by atoms with van der Waals surface area (Å²) in [6, 6.07) is 17.4. The average molecular weight is 462 g/mol. The summed E-state index contributed by atoms with van der Waals surface area (Å²) in [5.74, 6) is 1.27. The van der Waals surface area contributed by atoms with Crippen LogP contribution in [0.3, 0.4) is 0 Å². The molecule has 0 aliphatic carbocycles. The molecule has 0 unspecified atom stereocenters. The molecule has 7 heteroatoms. The van der Waals surface area contributed by atoms with Gasteiger partial charge in [-0.1, -0.05) is 47.6 Å². The number of benzene rings is 2. The lowest BCUT2D eigenvalue weighted by atomic mass is 10.0. The van der Waals surface area contributed by atoms with E-state index in [2.05, 4.69) is 10.5 Å². The van der Waals surface area contributed by atoms with Gasteiger partial charge in [-0.2, -0.15) is 0 Å². The largest absolute Gasteiger partial charge is 0.488 e. The van der Waals surface area contributed by atoms with Crippen molar-refractivity contribution >= 4 is 11.8 Å². The highest BCUT2D eigenvalue weighted by Crippen LogP contribution is 2.24. The van der Waals surface area contributed by atoms with Crippen LogP contribution in [0.25, 0.3) is 0 Å². The van der Waals surface area contributed by atoms with Gasteiger partial charge in [0.2, 0.25) is 5.91 Å². The quantitative estimate of drug-likeness (QED) is 0.543. The van der Waals surface area contributed by atoms with E-state index < -0.39 is 0 Å². The maximum absolute atomic E-state index is 13.2. The summed E-state index contributed by atoms with van der Waals surface area (Å²) in [7, 11) is 0. The van der Waals surface area contributed by atoms with Crippen molar-refractivity contribution in [2.75, 3.05) is 13.1 Å². The monoisotopic (exact) mass is 461 g/mol. The predicted molar refractivity (Wildman–Crippen MR) is 129 cm³/mol. The Kier molecular flexibility index (Phi) is 7.62. The van der Waals surface area contributed by atoms with E-state index in [1.54, 1.807) is 6.07 Å². The first-order valence-corrected chi connectivity index (χ1v) is 11.8. The highest BCUT2D eigenvalue weighted by atomic mass is 16.5. The van der Waals surface area contributed by atoms with Crippen LogP contribution in [0.4, 0.5) is 0 Å². The number of aryl methyl sites for hydroxylation is 3. The van der Waals surface area contributed by atoms with Crippen molar-refractivity contribution < 1.29 is 18.8 Å². The lowest BCUT2D eigenvalue weighted by Gasteiger charge is -2.32. The molecule has 0 atom stereocenters. The predicted octanol–water partition coefficient (Wildman–Crippen LogP) is 4.22. The van der Waals surface area contributed by atoms with Crippen LogP contribution in [0.2, 0.25) is 0 Å². The number of nitrogens with one attached hydrogen (secondary N) is 1. The molecule has 2 aromatic carbocycles. The number of rotatable bonds is 8. The maximum atomic E-state index is 13.2. The van der Waals surface area contributed by atoms with Gasteiger partial charge in [0, 0.05) is 25.6 Å². The van der Waals surface area contributed by atoms with Crippen molar-refractivity contribution in [1.29, 1.82) is 0 Å². The summed E-state index contributed by atoms with van der Waals surface area (Å²) in [5, 5.41) is 7.08. The Labute approximate surface area is 200 Å². The molecule has 2 heterocycles. The van der Waals surface area contributed by atoms with E-state index in [0.29, 0.717) is 43.2 Å². The number of likely N-dealkylation sites (tertiary alicyclic amines) is 1. The van der Waals surface area contributed by atoms with Crippen molar-refractivity contribution in [1.82, 2.24) is 15.4 Å². The third-order valence-corrected chi connectivity index (χ3v) is 6.30. The number of aromatic nitrogens is 1. The molecular formula is C27H31N3O4. The van der Waals surface area contributed by atoms with Crippen LogP contribution in [-0.2, 0) is 17.8 Å². The zero-order valence-electron chi connectivity index (χ0n) is 19.8. The lowest BCUT2D eigenvalue weighted by Crippen LogP contribution is -2.46. The van der Waals surface area contributed by atoms with E-state index in [4.69, 9.17) is 9.26 Å². The summed E-state index contributed by atoms with van der Waals surface area (Å²) in [6.07, 6.45) is 2.68. The third-order valence-electron chi connectivity index (χ3n) is 6.30. The highest BCUT2D eigenvalue weighted by Gasteiger charge is 2.26. The summed E-state index contributed by atoms with van der Waals surface area (Å²) < 4.78 is 11.2. The second-order valence-electron chi connectivity index (χ2n) is 8.71. The van der Waals surface area contributed by atoms with Crippen molar-refractivity contribution in [3.8, 4) is 5.75 Å². The Balaban J connectivity index is 1.28. The van der Waals surface area contributed by atoms with E-state index in [0.717, 1.165) is 36.1 Å². The number of ether oxygens (including phenoxy) is 1. The standard InChI is InChI=1S/C27H31N3O4/c1-19-24(20(2)34-29-19)18-33-25-11-7-6-10-23(25)27(32)30-16-14-22(15-17-30)28-26(31)13-12-21-8-4-3-5-9-21/h3-11,22H,12-18H2,1-2H3,(H,28,31). The van der Waals surface area contributed by atoms with E-state index >= 15 is 0 Å². The molecule has 1 N–H and O–H groups in total. The first-order valence-electron chi connectivity index (χ1n) is 11.8. The molecule has 1 aliphatic heterocycles. The minimum atomic E-state index is -0.0526. The molecule has 0 radical (unpaired) electrons. The Morgan fingerprint density at radius 2 is 1.76 bits per heavy atom. The van der Waals surface area contributed by atoms with Crippen molar-refractivity contribution in [2.24, 2.45) is 0 Å². The van der Waals surface area contributed by atoms with Gasteiger partial charge in [-0.05, 0) is 50.8 Å². The van der Waals surface area contributed by atoms with Gasteiger partial charge in [-0.3, -0.25) is 9.59 Å². The number of para-hydroxylation sites is 1. The van der Waals surface area contributed by atoms with E-state index in [1.165, 1.54) is 0 Å². The Morgan fingerprint density at radius 1 is 1.06 bits per heavy atom. The molecule has 0 bridgehead atoms. The van der Waals surface area contributed by atoms with E-state index in [9.17, 15) is 9.59 Å². The molecule has 1 aliphatic rings. The highest BCUT2D eigenvalue weighted by molar-refractivity contribution is 5.97. The fourth-order valence-electron chi connectivity index (χ4n) is 4.23. The zero-order chi connectivity index (χ0) is 23.9. The van der Waals surface area contributed by atoms with Crippen LogP contribution in [0, 0.1) is 13.8 Å². The molecule has 3 aromatic rings. The van der Waals surface area contributed by atoms with Crippen molar-refractivity contribution in [3.05, 3.63) is 82.7 Å². The fraction of sp³-hybridized carbons (Fsp3) is 0.370. The van der Waals surface area contributed by atoms with Crippen LogP contribution in [0.15, 0.2) is 59.1 Å². The van der Waals surface area contributed by atoms with Gasteiger partial charge in [0.1, 0.15) is 18.1 Å². The molecule has 2 amide bonds. The molecule has 0 saturated carbocycles. The second kappa shape index (κ2) is 11.0. The summed E-state index contributed by atoms with van der Waals surface area (Å²) in [4.78, 5) is 27.4. The normalized spacial score (nSPS) is 14.1. The zero-order valence-corrected chi connectivity index (χ0v) is 19.8. The second-order valence-corrected chi connectivity index (χ2v) is 8.71. The van der Waals surface area contributed by atoms with Gasteiger partial charge in [0.25, 0.3) is 5.91 Å². The van der Waals surface area contributed by atoms with Gasteiger partial charge >= 0.3 is 0 Å². The van der Waals surface area contributed by atoms with Crippen LogP contribution < -0.4 is 10.1 Å². The first kappa shape index (κ1) is 23.5. The number of carbonyl (C=O) groups is 2. The molecule has 34 heavy (non-hydrogen) atoms. The van der Waals surface area contributed by atoms with E-state index in [1.807, 2.05) is 67.3 Å². The van der Waals surface area contributed by atoms with Crippen LogP contribution in [0.1, 0.15) is 52.2 Å². The Morgan fingerprint density at radius 3 is 2.47 bits per heavy atom. The summed E-state index contributed by atoms with van der Waals surface area (Å²) in [6.45, 7) is 5.21. The topological polar surface area (TPSA) is 84.7 Å². The van der Waals surface area contributed by atoms with Crippen molar-refractivity contribution in [3.63, 3.8) is 0 Å². The van der Waals surface area contributed by atoms with Gasteiger partial charge in [0.05, 0.1) is 16.8 Å². The Bertz CT molecular complexity index is 1100. The van der Waals surface area contributed by atoms with Gasteiger partial charge in [-0.15, -0.1) is 0 Å².